The number of amides is 1. The van der Waals surface area contributed by atoms with Crippen molar-refractivity contribution in [2.45, 2.75) is 38.5 Å². The Bertz CT molecular complexity index is 1060. The molecular weight excluding hydrogens is 394 g/mol. The number of hydrogen-bond acceptors (Lipinski definition) is 8. The normalized spacial score (nSPS) is 19.1. The standard InChI is InChI=1S/C22H25N7O2/c1-15-18(13-24-22(25-15)28-9-2-3-10-28)21(30)29-11-5-7-17(14-29)20-26-19(27-31-20)16-6-4-8-23-12-16/h4,6,8,12-13,17H,2-3,5,7,9-11,14H2,1H3. The molecule has 2 saturated heterocycles. The molecule has 0 radical (unpaired) electrons. The molecule has 5 rings (SSSR count). The van der Waals surface area contributed by atoms with Gasteiger partial charge >= 0.3 is 0 Å². The molecule has 0 saturated carbocycles. The van der Waals surface area contributed by atoms with Gasteiger partial charge in [0.05, 0.1) is 17.2 Å². The molecule has 1 amide bonds. The summed E-state index contributed by atoms with van der Waals surface area (Å²) in [5, 5.41) is 4.10. The van der Waals surface area contributed by atoms with Crippen LogP contribution < -0.4 is 4.90 Å². The summed E-state index contributed by atoms with van der Waals surface area (Å²) in [6, 6.07) is 3.73. The van der Waals surface area contributed by atoms with Crippen LogP contribution in [0.25, 0.3) is 11.4 Å². The zero-order valence-electron chi connectivity index (χ0n) is 17.6. The van der Waals surface area contributed by atoms with Gasteiger partial charge in [-0.05, 0) is 44.7 Å². The molecule has 1 atom stereocenters. The molecule has 3 aromatic rings. The first-order chi connectivity index (χ1) is 15.2. The van der Waals surface area contributed by atoms with Gasteiger partial charge in [-0.3, -0.25) is 9.78 Å². The van der Waals surface area contributed by atoms with Gasteiger partial charge < -0.3 is 14.3 Å². The molecule has 2 aliphatic heterocycles. The molecular formula is C22H25N7O2. The number of carbonyl (C=O) groups excluding carboxylic acids is 1. The lowest BCUT2D eigenvalue weighted by atomic mass is 9.97. The number of pyridine rings is 1. The van der Waals surface area contributed by atoms with Gasteiger partial charge in [0.2, 0.25) is 17.7 Å². The third-order valence-corrected chi connectivity index (χ3v) is 6.01. The fourth-order valence-corrected chi connectivity index (χ4v) is 4.28. The van der Waals surface area contributed by atoms with Crippen molar-refractivity contribution in [2.24, 2.45) is 0 Å². The number of likely N-dealkylation sites (tertiary alicyclic amines) is 1. The minimum absolute atomic E-state index is 0.0146. The quantitative estimate of drug-likeness (QED) is 0.636. The number of carbonyl (C=O) groups is 1. The number of nitrogens with zero attached hydrogens (tertiary/aromatic N) is 7. The fraction of sp³-hybridized carbons (Fsp3) is 0.455. The zero-order chi connectivity index (χ0) is 21.2. The van der Waals surface area contributed by atoms with E-state index in [1.165, 1.54) is 0 Å². The lowest BCUT2D eigenvalue weighted by molar-refractivity contribution is 0.0694. The number of piperidine rings is 1. The highest BCUT2D eigenvalue weighted by molar-refractivity contribution is 5.95. The largest absolute Gasteiger partial charge is 0.341 e. The van der Waals surface area contributed by atoms with Crippen LogP contribution >= 0.6 is 0 Å². The highest BCUT2D eigenvalue weighted by Crippen LogP contribution is 2.28. The van der Waals surface area contributed by atoms with Crippen LogP contribution in [0.5, 0.6) is 0 Å². The van der Waals surface area contributed by atoms with E-state index in [9.17, 15) is 4.79 Å². The molecule has 160 valence electrons. The van der Waals surface area contributed by atoms with Crippen LogP contribution in [0.2, 0.25) is 0 Å². The van der Waals surface area contributed by atoms with Crippen molar-refractivity contribution in [1.29, 1.82) is 0 Å². The molecule has 0 spiro atoms. The van der Waals surface area contributed by atoms with E-state index in [0.29, 0.717) is 30.4 Å². The van der Waals surface area contributed by atoms with E-state index in [0.717, 1.165) is 56.0 Å². The van der Waals surface area contributed by atoms with Gasteiger partial charge in [-0.25, -0.2) is 9.97 Å². The van der Waals surface area contributed by atoms with Crippen LogP contribution in [0.1, 0.15) is 53.5 Å². The smallest absolute Gasteiger partial charge is 0.257 e. The lowest BCUT2D eigenvalue weighted by Crippen LogP contribution is -2.39. The SMILES string of the molecule is Cc1nc(N2CCCC2)ncc1C(=O)N1CCCC(c2nc(-c3cccnc3)no2)C1. The van der Waals surface area contributed by atoms with Crippen molar-refractivity contribution in [1.82, 2.24) is 30.0 Å². The van der Waals surface area contributed by atoms with Gasteiger partial charge in [-0.15, -0.1) is 0 Å². The summed E-state index contributed by atoms with van der Waals surface area (Å²) in [5.74, 6) is 1.78. The van der Waals surface area contributed by atoms with Crippen molar-refractivity contribution in [2.75, 3.05) is 31.1 Å². The number of rotatable bonds is 4. The second-order valence-electron chi connectivity index (χ2n) is 8.15. The fourth-order valence-electron chi connectivity index (χ4n) is 4.28. The Labute approximate surface area is 180 Å². The summed E-state index contributed by atoms with van der Waals surface area (Å²) >= 11 is 0. The minimum atomic E-state index is -0.0397. The predicted octanol–water partition coefficient (Wildman–Crippen LogP) is 2.85. The third kappa shape index (κ3) is 3.99. The van der Waals surface area contributed by atoms with Crippen LogP contribution in [0.4, 0.5) is 5.95 Å². The monoisotopic (exact) mass is 419 g/mol. The number of hydrogen-bond donors (Lipinski definition) is 0. The van der Waals surface area contributed by atoms with Crippen molar-refractivity contribution >= 4 is 11.9 Å². The Morgan fingerprint density at radius 2 is 2.00 bits per heavy atom. The predicted molar refractivity (Wildman–Crippen MR) is 114 cm³/mol. The first-order valence-electron chi connectivity index (χ1n) is 10.8. The maximum atomic E-state index is 13.2. The van der Waals surface area contributed by atoms with E-state index in [1.807, 2.05) is 24.0 Å². The summed E-state index contributed by atoms with van der Waals surface area (Å²) in [4.78, 5) is 35.0. The summed E-state index contributed by atoms with van der Waals surface area (Å²) in [5.41, 5.74) is 2.10. The summed E-state index contributed by atoms with van der Waals surface area (Å²) in [6.45, 7) is 5.08. The Kier molecular flexibility index (Phi) is 5.31. The molecule has 0 bridgehead atoms. The van der Waals surface area contributed by atoms with Crippen LogP contribution in [0.3, 0.4) is 0 Å². The van der Waals surface area contributed by atoms with E-state index in [4.69, 9.17) is 4.52 Å². The van der Waals surface area contributed by atoms with Crippen molar-refractivity contribution in [3.05, 3.63) is 47.9 Å². The van der Waals surface area contributed by atoms with Gasteiger partial charge in [-0.2, -0.15) is 4.98 Å². The number of aromatic nitrogens is 5. The summed E-state index contributed by atoms with van der Waals surface area (Å²) in [7, 11) is 0. The van der Waals surface area contributed by atoms with Gasteiger partial charge in [0.1, 0.15) is 0 Å². The van der Waals surface area contributed by atoms with Crippen molar-refractivity contribution in [3.8, 4) is 11.4 Å². The van der Waals surface area contributed by atoms with Crippen LogP contribution in [0.15, 0.2) is 35.2 Å². The minimum Gasteiger partial charge on any atom is -0.341 e. The average molecular weight is 419 g/mol. The molecule has 3 aromatic heterocycles. The second-order valence-corrected chi connectivity index (χ2v) is 8.15. The maximum Gasteiger partial charge on any atom is 0.257 e. The van der Waals surface area contributed by atoms with Crippen molar-refractivity contribution < 1.29 is 9.32 Å². The molecule has 31 heavy (non-hydrogen) atoms. The Hall–Kier alpha value is -3.36. The van der Waals surface area contributed by atoms with Crippen molar-refractivity contribution in [3.63, 3.8) is 0 Å². The van der Waals surface area contributed by atoms with E-state index in [2.05, 4.69) is 30.0 Å². The first-order valence-corrected chi connectivity index (χ1v) is 10.8. The molecule has 2 fully saturated rings. The third-order valence-electron chi connectivity index (χ3n) is 6.01. The topological polar surface area (TPSA) is 101 Å². The number of anilines is 1. The second kappa shape index (κ2) is 8.41. The zero-order valence-corrected chi connectivity index (χ0v) is 17.6. The van der Waals surface area contributed by atoms with Crippen LogP contribution in [0, 0.1) is 6.92 Å². The summed E-state index contributed by atoms with van der Waals surface area (Å²) < 4.78 is 5.53. The molecule has 9 nitrogen and oxygen atoms in total. The summed E-state index contributed by atoms with van der Waals surface area (Å²) in [6.07, 6.45) is 9.20. The number of aryl methyl sites for hydroxylation is 1. The van der Waals surface area contributed by atoms with E-state index < -0.39 is 0 Å². The Morgan fingerprint density at radius 1 is 1.13 bits per heavy atom. The Morgan fingerprint density at radius 3 is 2.77 bits per heavy atom. The maximum absolute atomic E-state index is 13.2. The van der Waals surface area contributed by atoms with Gasteiger partial charge in [0, 0.05) is 50.3 Å². The molecule has 1 unspecified atom stereocenters. The first kappa shape index (κ1) is 19.6. The van der Waals surface area contributed by atoms with Gasteiger partial charge in [0.25, 0.3) is 5.91 Å². The molecule has 0 N–H and O–H groups in total. The molecule has 9 heteroatoms. The van der Waals surface area contributed by atoms with Gasteiger partial charge in [-0.1, -0.05) is 5.16 Å². The Balaban J connectivity index is 1.30. The van der Waals surface area contributed by atoms with E-state index in [-0.39, 0.29) is 11.8 Å². The van der Waals surface area contributed by atoms with Crippen LogP contribution in [-0.4, -0.2) is 62.1 Å². The average Bonchev–Trinajstić information content (AvgIpc) is 3.52. The van der Waals surface area contributed by atoms with Crippen LogP contribution in [-0.2, 0) is 0 Å². The van der Waals surface area contributed by atoms with E-state index >= 15 is 0 Å². The highest BCUT2D eigenvalue weighted by Gasteiger charge is 2.30. The molecule has 5 heterocycles. The van der Waals surface area contributed by atoms with Gasteiger partial charge in [0.15, 0.2) is 0 Å². The highest BCUT2D eigenvalue weighted by atomic mass is 16.5. The van der Waals surface area contributed by atoms with E-state index in [1.54, 1.807) is 18.6 Å². The molecule has 0 aliphatic carbocycles. The molecule has 2 aliphatic rings. The lowest BCUT2D eigenvalue weighted by Gasteiger charge is -2.31. The molecule has 0 aromatic carbocycles.